The van der Waals surface area contributed by atoms with Crippen LogP contribution >= 0.6 is 0 Å². The third-order valence-corrected chi connectivity index (χ3v) is 4.58. The minimum Gasteiger partial charge on any atom is -0.0999 e. The molecule has 2 aliphatic carbocycles. The van der Waals surface area contributed by atoms with Crippen LogP contribution in [0, 0.1) is 23.7 Å². The third kappa shape index (κ3) is 2.04. The molecular weight excluding hydrogens is 180 g/mol. The topological polar surface area (TPSA) is 0 Å². The van der Waals surface area contributed by atoms with Crippen molar-refractivity contribution in [2.75, 3.05) is 0 Å². The van der Waals surface area contributed by atoms with Gasteiger partial charge in [-0.15, -0.1) is 0 Å². The minimum atomic E-state index is 0.816. The summed E-state index contributed by atoms with van der Waals surface area (Å²) in [5, 5.41) is 0. The number of hydrogen-bond acceptors (Lipinski definition) is 0. The highest BCUT2D eigenvalue weighted by atomic mass is 14.4. The molecule has 0 bridgehead atoms. The molecule has 0 radical (unpaired) electrons. The first-order valence-corrected chi connectivity index (χ1v) is 6.44. The molecule has 0 aromatic heterocycles. The van der Waals surface area contributed by atoms with E-state index in [1.54, 1.807) is 0 Å². The van der Waals surface area contributed by atoms with Gasteiger partial charge in [0.2, 0.25) is 0 Å². The lowest BCUT2D eigenvalue weighted by Crippen LogP contribution is -2.35. The molecule has 0 saturated heterocycles. The molecule has 2 aliphatic rings. The summed E-state index contributed by atoms with van der Waals surface area (Å²) < 4.78 is 0. The lowest BCUT2D eigenvalue weighted by atomic mass is 9.60. The van der Waals surface area contributed by atoms with Crippen molar-refractivity contribution >= 4 is 0 Å². The van der Waals surface area contributed by atoms with Crippen molar-refractivity contribution in [1.82, 2.24) is 0 Å². The van der Waals surface area contributed by atoms with Crippen LogP contribution in [0.2, 0.25) is 0 Å². The molecule has 2 rings (SSSR count). The smallest absolute Gasteiger partial charge is 0.0169 e. The number of fused-ring (bicyclic) bond motifs is 1. The van der Waals surface area contributed by atoms with Gasteiger partial charge in [0.1, 0.15) is 0 Å². The monoisotopic (exact) mass is 204 g/mol. The molecule has 0 aromatic carbocycles. The van der Waals surface area contributed by atoms with Gasteiger partial charge in [-0.25, -0.2) is 0 Å². The summed E-state index contributed by atoms with van der Waals surface area (Å²) in [6, 6.07) is 0. The van der Waals surface area contributed by atoms with Crippen molar-refractivity contribution in [3.63, 3.8) is 0 Å². The van der Waals surface area contributed by atoms with Crippen molar-refractivity contribution in [3.05, 3.63) is 24.3 Å². The Balaban J connectivity index is 2.17. The zero-order valence-electron chi connectivity index (χ0n) is 10.3. The van der Waals surface area contributed by atoms with E-state index < -0.39 is 0 Å². The van der Waals surface area contributed by atoms with Gasteiger partial charge >= 0.3 is 0 Å². The van der Waals surface area contributed by atoms with E-state index in [0.29, 0.717) is 0 Å². The summed E-state index contributed by atoms with van der Waals surface area (Å²) in [6.45, 7) is 13.2. The maximum atomic E-state index is 4.29. The average molecular weight is 204 g/mol. The molecule has 0 heteroatoms. The summed E-state index contributed by atoms with van der Waals surface area (Å²) >= 11 is 0. The predicted molar refractivity (Wildman–Crippen MR) is 66.7 cm³/mol. The fourth-order valence-corrected chi connectivity index (χ4v) is 3.69. The minimum absolute atomic E-state index is 0.816. The van der Waals surface area contributed by atoms with Gasteiger partial charge in [-0.3, -0.25) is 0 Å². The summed E-state index contributed by atoms with van der Waals surface area (Å²) in [5.74, 6) is 3.43. The molecule has 0 heterocycles. The van der Waals surface area contributed by atoms with Crippen LogP contribution in [0.1, 0.15) is 46.0 Å². The van der Waals surface area contributed by atoms with Gasteiger partial charge in [0.15, 0.2) is 0 Å². The van der Waals surface area contributed by atoms with Crippen molar-refractivity contribution in [2.24, 2.45) is 23.7 Å². The van der Waals surface area contributed by atoms with Crippen LogP contribution in [0.25, 0.3) is 0 Å². The fraction of sp³-hybridized carbons (Fsp3) is 0.733. The van der Waals surface area contributed by atoms with E-state index in [-0.39, 0.29) is 0 Å². The largest absolute Gasteiger partial charge is 0.0999 e. The Morgan fingerprint density at radius 1 is 1.13 bits per heavy atom. The van der Waals surface area contributed by atoms with E-state index in [2.05, 4.69) is 27.0 Å². The first-order valence-electron chi connectivity index (χ1n) is 6.44. The highest BCUT2D eigenvalue weighted by Gasteiger charge is 2.38. The van der Waals surface area contributed by atoms with Gasteiger partial charge in [0, 0.05) is 0 Å². The Morgan fingerprint density at radius 2 is 1.87 bits per heavy atom. The Kier molecular flexibility index (Phi) is 3.04. The third-order valence-electron chi connectivity index (χ3n) is 4.58. The highest BCUT2D eigenvalue weighted by molar-refractivity contribution is 5.15. The molecule has 3 atom stereocenters. The Morgan fingerprint density at radius 3 is 2.53 bits per heavy atom. The molecule has 0 unspecified atom stereocenters. The molecule has 84 valence electrons. The van der Waals surface area contributed by atoms with Gasteiger partial charge in [-0.2, -0.15) is 0 Å². The normalized spacial score (nSPS) is 36.9. The zero-order chi connectivity index (χ0) is 11.0. The highest BCUT2D eigenvalue weighted by Crippen LogP contribution is 2.49. The van der Waals surface area contributed by atoms with Crippen LogP contribution < -0.4 is 0 Å². The van der Waals surface area contributed by atoms with Crippen LogP contribution in [0.5, 0.6) is 0 Å². The Hall–Kier alpha value is -0.520. The molecule has 0 amide bonds. The lowest BCUT2D eigenvalue weighted by molar-refractivity contribution is 0.131. The van der Waals surface area contributed by atoms with Crippen LogP contribution in [0.15, 0.2) is 24.3 Å². The average Bonchev–Trinajstić information content (AvgIpc) is 2.17. The Bertz CT molecular complexity index is 272. The van der Waals surface area contributed by atoms with Gasteiger partial charge < -0.3 is 0 Å². The molecule has 0 N–H and O–H groups in total. The van der Waals surface area contributed by atoms with Crippen molar-refractivity contribution in [3.8, 4) is 0 Å². The quantitative estimate of drug-likeness (QED) is 0.548. The first kappa shape index (κ1) is 11.0. The fourth-order valence-electron chi connectivity index (χ4n) is 3.69. The van der Waals surface area contributed by atoms with E-state index in [0.717, 1.165) is 23.7 Å². The summed E-state index contributed by atoms with van der Waals surface area (Å²) in [5.41, 5.74) is 3.01. The Labute approximate surface area is 94.5 Å². The molecule has 0 aliphatic heterocycles. The van der Waals surface area contributed by atoms with Gasteiger partial charge in [0.25, 0.3) is 0 Å². The predicted octanol–water partition coefficient (Wildman–Crippen LogP) is 4.58. The molecule has 0 nitrogen and oxygen atoms in total. The maximum Gasteiger partial charge on any atom is -0.0169 e. The number of hydrogen-bond donors (Lipinski definition) is 0. The second-order valence-electron chi connectivity index (χ2n) is 5.87. The number of rotatable bonds is 1. The van der Waals surface area contributed by atoms with Crippen molar-refractivity contribution in [1.29, 1.82) is 0 Å². The molecule has 2 fully saturated rings. The van der Waals surface area contributed by atoms with Crippen LogP contribution in [-0.4, -0.2) is 0 Å². The van der Waals surface area contributed by atoms with Crippen molar-refractivity contribution < 1.29 is 0 Å². The van der Waals surface area contributed by atoms with Crippen molar-refractivity contribution in [2.45, 2.75) is 46.0 Å². The van der Waals surface area contributed by atoms with Crippen LogP contribution in [0.4, 0.5) is 0 Å². The van der Waals surface area contributed by atoms with Gasteiger partial charge in [-0.05, 0) is 55.8 Å². The first-order chi connectivity index (χ1) is 7.09. The van der Waals surface area contributed by atoms with Gasteiger partial charge in [-0.1, -0.05) is 38.2 Å². The standard InChI is InChI=1S/C15H24/c1-10(2)13-8-6-12(4)14-7-5-11(3)9-15(13)14/h10,13-15H,3-9H2,1-2H3/t13-,14+,15-/m1/s1. The van der Waals surface area contributed by atoms with E-state index in [9.17, 15) is 0 Å². The van der Waals surface area contributed by atoms with E-state index in [4.69, 9.17) is 0 Å². The van der Waals surface area contributed by atoms with Crippen LogP contribution in [0.3, 0.4) is 0 Å². The van der Waals surface area contributed by atoms with E-state index >= 15 is 0 Å². The molecular formula is C15H24. The molecule has 15 heavy (non-hydrogen) atoms. The zero-order valence-corrected chi connectivity index (χ0v) is 10.3. The molecule has 2 saturated carbocycles. The second kappa shape index (κ2) is 4.15. The lowest BCUT2D eigenvalue weighted by Gasteiger charge is -2.45. The summed E-state index contributed by atoms with van der Waals surface area (Å²) in [7, 11) is 0. The van der Waals surface area contributed by atoms with E-state index in [1.807, 2.05) is 0 Å². The van der Waals surface area contributed by atoms with Gasteiger partial charge in [0.05, 0.1) is 0 Å². The number of allylic oxidation sites excluding steroid dienone is 2. The second-order valence-corrected chi connectivity index (χ2v) is 5.87. The van der Waals surface area contributed by atoms with Crippen LogP contribution in [-0.2, 0) is 0 Å². The summed E-state index contributed by atoms with van der Waals surface area (Å²) in [4.78, 5) is 0. The summed E-state index contributed by atoms with van der Waals surface area (Å²) in [6.07, 6.45) is 6.48. The molecule has 0 spiro atoms. The van der Waals surface area contributed by atoms with E-state index in [1.165, 1.54) is 43.3 Å². The molecule has 0 aromatic rings. The maximum absolute atomic E-state index is 4.29. The SMILES string of the molecule is C=C1CC[C@H]2C(=C)CC[C@H](C(C)C)[C@H]2C1.